The lowest BCUT2D eigenvalue weighted by Crippen LogP contribution is -2.36. The first-order valence-corrected chi connectivity index (χ1v) is 9.07. The lowest BCUT2D eigenvalue weighted by Gasteiger charge is -2.30. The minimum atomic E-state index is -3.02. The molecule has 0 aliphatic carbocycles. The predicted molar refractivity (Wildman–Crippen MR) is 82.1 cm³/mol. The molecule has 1 heterocycles. The fourth-order valence-corrected chi connectivity index (χ4v) is 4.06. The molecule has 0 radical (unpaired) electrons. The summed E-state index contributed by atoms with van der Waals surface area (Å²) in [6.07, 6.45) is 2.25. The lowest BCUT2D eigenvalue weighted by atomic mass is 9.77. The number of nitrogens with one attached hydrogen (secondary N) is 1. The first kappa shape index (κ1) is 17.0. The number of rotatable bonds is 5. The Morgan fingerprint density at radius 1 is 1.05 bits per heavy atom. The van der Waals surface area contributed by atoms with Crippen LogP contribution in [0.15, 0.2) is 0 Å². The van der Waals surface area contributed by atoms with E-state index in [9.17, 15) is 8.42 Å². The molecule has 0 bridgehead atoms. The molecule has 19 heavy (non-hydrogen) atoms. The van der Waals surface area contributed by atoms with Crippen molar-refractivity contribution in [2.75, 3.05) is 18.8 Å². The highest BCUT2D eigenvalue weighted by atomic mass is 32.2. The molecule has 0 aromatic rings. The van der Waals surface area contributed by atoms with E-state index in [1.807, 2.05) is 0 Å². The van der Waals surface area contributed by atoms with E-state index in [1.54, 1.807) is 20.8 Å². The van der Waals surface area contributed by atoms with E-state index in [2.05, 4.69) is 26.1 Å². The van der Waals surface area contributed by atoms with Gasteiger partial charge in [-0.2, -0.15) is 0 Å². The number of hydrogen-bond donors (Lipinski definition) is 1. The van der Waals surface area contributed by atoms with Crippen molar-refractivity contribution in [2.24, 2.45) is 17.3 Å². The van der Waals surface area contributed by atoms with Crippen molar-refractivity contribution >= 4 is 9.84 Å². The summed E-state index contributed by atoms with van der Waals surface area (Å²) >= 11 is 0. The van der Waals surface area contributed by atoms with Crippen molar-refractivity contribution in [3.8, 4) is 0 Å². The number of hydrogen-bond acceptors (Lipinski definition) is 3. The molecule has 1 saturated heterocycles. The van der Waals surface area contributed by atoms with Crippen LogP contribution in [0, 0.1) is 17.3 Å². The van der Waals surface area contributed by atoms with Crippen LogP contribution < -0.4 is 5.32 Å². The van der Waals surface area contributed by atoms with Gasteiger partial charge in [0.15, 0.2) is 9.84 Å². The average Bonchev–Trinajstić information content (AvgIpc) is 2.63. The second-order valence-electron chi connectivity index (χ2n) is 7.79. The van der Waals surface area contributed by atoms with Crippen LogP contribution in [0.2, 0.25) is 0 Å². The largest absolute Gasteiger partial charge is 0.316 e. The Morgan fingerprint density at radius 3 is 2.05 bits per heavy atom. The van der Waals surface area contributed by atoms with Crippen molar-refractivity contribution in [3.05, 3.63) is 0 Å². The molecule has 1 aliphatic rings. The van der Waals surface area contributed by atoms with E-state index in [-0.39, 0.29) is 5.92 Å². The summed E-state index contributed by atoms with van der Waals surface area (Å²) in [6, 6.07) is 0. The van der Waals surface area contributed by atoms with Crippen molar-refractivity contribution in [1.82, 2.24) is 5.32 Å². The Morgan fingerprint density at radius 2 is 1.58 bits per heavy atom. The zero-order valence-corrected chi connectivity index (χ0v) is 14.2. The quantitative estimate of drug-likeness (QED) is 0.846. The summed E-state index contributed by atoms with van der Waals surface area (Å²) < 4.78 is 24.1. The zero-order chi connectivity index (χ0) is 14.9. The molecule has 3 nitrogen and oxygen atoms in total. The fourth-order valence-electron chi connectivity index (χ4n) is 2.61. The van der Waals surface area contributed by atoms with Crippen LogP contribution in [0.1, 0.15) is 54.4 Å². The van der Waals surface area contributed by atoms with Crippen LogP contribution in [0.25, 0.3) is 0 Å². The van der Waals surface area contributed by atoms with Gasteiger partial charge >= 0.3 is 0 Å². The van der Waals surface area contributed by atoms with E-state index in [4.69, 9.17) is 0 Å². The van der Waals surface area contributed by atoms with E-state index < -0.39 is 14.6 Å². The Kier molecular flexibility index (Phi) is 5.11. The third-order valence-corrected chi connectivity index (χ3v) is 7.35. The molecule has 2 atom stereocenters. The van der Waals surface area contributed by atoms with Crippen LogP contribution in [0.5, 0.6) is 0 Å². The SMILES string of the molecule is CCC(C)(C)CC1CNCC1CS(=O)(=O)C(C)(C)C. The van der Waals surface area contributed by atoms with Gasteiger partial charge in [0.05, 0.1) is 10.5 Å². The van der Waals surface area contributed by atoms with Gasteiger partial charge in [0, 0.05) is 0 Å². The molecule has 1 fully saturated rings. The maximum Gasteiger partial charge on any atom is 0.155 e. The van der Waals surface area contributed by atoms with Gasteiger partial charge in [-0.3, -0.25) is 0 Å². The fraction of sp³-hybridized carbons (Fsp3) is 1.00. The van der Waals surface area contributed by atoms with Crippen LogP contribution in [-0.4, -0.2) is 32.0 Å². The van der Waals surface area contributed by atoms with Gasteiger partial charge in [0.2, 0.25) is 0 Å². The molecule has 0 amide bonds. The summed E-state index contributed by atoms with van der Waals surface area (Å²) in [4.78, 5) is 0. The highest BCUT2D eigenvalue weighted by Gasteiger charge is 2.38. The van der Waals surface area contributed by atoms with E-state index in [1.165, 1.54) is 0 Å². The van der Waals surface area contributed by atoms with E-state index in [0.717, 1.165) is 25.9 Å². The second-order valence-corrected chi connectivity index (χ2v) is 10.6. The summed E-state index contributed by atoms with van der Waals surface area (Å²) in [5, 5.41) is 3.38. The maximum absolute atomic E-state index is 12.4. The molecule has 0 aromatic carbocycles. The van der Waals surface area contributed by atoms with Gasteiger partial charge in [-0.25, -0.2) is 8.42 Å². The van der Waals surface area contributed by atoms with Gasteiger partial charge in [0.25, 0.3) is 0 Å². The molecule has 1 N–H and O–H groups in total. The van der Waals surface area contributed by atoms with E-state index in [0.29, 0.717) is 17.1 Å². The topological polar surface area (TPSA) is 46.2 Å². The summed E-state index contributed by atoms with van der Waals surface area (Å²) in [5.41, 5.74) is 0.306. The molecule has 0 aromatic heterocycles. The van der Waals surface area contributed by atoms with Crippen molar-refractivity contribution in [2.45, 2.75) is 59.1 Å². The van der Waals surface area contributed by atoms with Crippen molar-refractivity contribution in [3.63, 3.8) is 0 Å². The predicted octanol–water partition coefficient (Wildman–Crippen LogP) is 2.86. The normalized spacial score (nSPS) is 25.8. The van der Waals surface area contributed by atoms with Crippen LogP contribution in [-0.2, 0) is 9.84 Å². The van der Waals surface area contributed by atoms with Crippen LogP contribution >= 0.6 is 0 Å². The van der Waals surface area contributed by atoms with Crippen molar-refractivity contribution in [1.29, 1.82) is 0 Å². The monoisotopic (exact) mass is 289 g/mol. The summed E-state index contributed by atoms with van der Waals surface area (Å²) in [6.45, 7) is 14.0. The Labute approximate surface area is 119 Å². The van der Waals surface area contributed by atoms with Gasteiger partial charge in [-0.15, -0.1) is 0 Å². The highest BCUT2D eigenvalue weighted by Crippen LogP contribution is 2.35. The molecule has 0 saturated carbocycles. The van der Waals surface area contributed by atoms with Gasteiger partial charge in [-0.05, 0) is 57.5 Å². The van der Waals surface area contributed by atoms with E-state index >= 15 is 0 Å². The Hall–Kier alpha value is -0.0900. The number of sulfone groups is 1. The summed E-state index contributed by atoms with van der Waals surface area (Å²) in [5.74, 6) is 1.09. The molecular weight excluding hydrogens is 258 g/mol. The first-order valence-electron chi connectivity index (χ1n) is 7.41. The van der Waals surface area contributed by atoms with Gasteiger partial charge in [-0.1, -0.05) is 27.2 Å². The summed E-state index contributed by atoms with van der Waals surface area (Å²) in [7, 11) is -3.02. The molecule has 1 rings (SSSR count). The third kappa shape index (κ3) is 4.45. The zero-order valence-electron chi connectivity index (χ0n) is 13.4. The highest BCUT2D eigenvalue weighted by molar-refractivity contribution is 7.92. The maximum atomic E-state index is 12.4. The molecule has 4 heteroatoms. The Bertz CT molecular complexity index is 393. The lowest BCUT2D eigenvalue weighted by molar-refractivity contribution is 0.240. The second kappa shape index (κ2) is 5.72. The minimum absolute atomic E-state index is 0.273. The standard InChI is InChI=1S/C15H31NO2S/c1-7-15(5,6)8-12-9-16-10-13(12)11-19(17,18)14(2,3)4/h12-13,16H,7-11H2,1-6H3. The van der Waals surface area contributed by atoms with Gasteiger partial charge in [0.1, 0.15) is 0 Å². The van der Waals surface area contributed by atoms with Crippen molar-refractivity contribution < 1.29 is 8.42 Å². The van der Waals surface area contributed by atoms with Crippen LogP contribution in [0.3, 0.4) is 0 Å². The molecule has 114 valence electrons. The third-order valence-electron chi connectivity index (χ3n) is 4.62. The Balaban J connectivity index is 2.74. The average molecular weight is 289 g/mol. The van der Waals surface area contributed by atoms with Gasteiger partial charge < -0.3 is 5.32 Å². The first-order chi connectivity index (χ1) is 8.48. The smallest absolute Gasteiger partial charge is 0.155 e. The molecular formula is C15H31NO2S. The minimum Gasteiger partial charge on any atom is -0.316 e. The molecule has 0 spiro atoms. The molecule has 1 aliphatic heterocycles. The molecule has 2 unspecified atom stereocenters. The van der Waals surface area contributed by atoms with Crippen LogP contribution in [0.4, 0.5) is 0 Å².